The average Bonchev–Trinajstić information content (AvgIpc) is 2.58. The van der Waals surface area contributed by atoms with Crippen LogP contribution in [0.5, 0.6) is 0 Å². The topological polar surface area (TPSA) is 109 Å². The molecule has 1 aromatic carbocycles. The second-order valence-corrected chi connectivity index (χ2v) is 5.20. The number of carbonyl (C=O) groups excluding carboxylic acids is 1. The SMILES string of the molecule is Cc1ccncc1[C@@H](O)[C@@H](NC(=O)OCc1ccccc1)C(=O)O. The zero-order valence-corrected chi connectivity index (χ0v) is 13.0. The third kappa shape index (κ3) is 4.53. The zero-order chi connectivity index (χ0) is 17.5. The molecule has 3 N–H and O–H groups in total. The Morgan fingerprint density at radius 1 is 1.25 bits per heavy atom. The Morgan fingerprint density at radius 3 is 2.58 bits per heavy atom. The van der Waals surface area contributed by atoms with E-state index in [0.29, 0.717) is 11.1 Å². The number of nitrogens with one attached hydrogen (secondary N) is 1. The van der Waals surface area contributed by atoms with Crippen LogP contribution in [-0.4, -0.2) is 33.3 Å². The first kappa shape index (κ1) is 17.4. The third-order valence-electron chi connectivity index (χ3n) is 3.47. The molecule has 7 heteroatoms. The van der Waals surface area contributed by atoms with E-state index in [0.717, 1.165) is 5.56 Å². The van der Waals surface area contributed by atoms with Crippen molar-refractivity contribution in [3.8, 4) is 0 Å². The summed E-state index contributed by atoms with van der Waals surface area (Å²) in [5, 5.41) is 21.7. The fourth-order valence-corrected chi connectivity index (χ4v) is 2.13. The predicted octanol–water partition coefficient (Wildman–Crippen LogP) is 1.80. The molecule has 2 rings (SSSR count). The monoisotopic (exact) mass is 330 g/mol. The van der Waals surface area contributed by atoms with Gasteiger partial charge in [-0.1, -0.05) is 30.3 Å². The number of aliphatic carboxylic acids is 1. The van der Waals surface area contributed by atoms with Crippen LogP contribution in [0.25, 0.3) is 0 Å². The number of carboxylic acid groups (broad SMARTS) is 1. The maximum absolute atomic E-state index is 11.8. The minimum Gasteiger partial charge on any atom is -0.480 e. The number of aliphatic hydroxyl groups is 1. The molecule has 24 heavy (non-hydrogen) atoms. The Hall–Kier alpha value is -2.93. The molecule has 0 saturated carbocycles. The molecule has 2 aromatic rings. The van der Waals surface area contributed by atoms with Gasteiger partial charge in [0.1, 0.15) is 12.7 Å². The normalized spacial score (nSPS) is 12.9. The lowest BCUT2D eigenvalue weighted by Gasteiger charge is -2.21. The number of aromatic nitrogens is 1. The quantitative estimate of drug-likeness (QED) is 0.745. The zero-order valence-electron chi connectivity index (χ0n) is 13.0. The van der Waals surface area contributed by atoms with Crippen molar-refractivity contribution in [2.45, 2.75) is 25.7 Å². The second kappa shape index (κ2) is 8.07. The van der Waals surface area contributed by atoms with Gasteiger partial charge in [-0.25, -0.2) is 9.59 Å². The number of hydrogen-bond acceptors (Lipinski definition) is 5. The number of nitrogens with zero attached hydrogens (tertiary/aromatic N) is 1. The number of amides is 1. The summed E-state index contributed by atoms with van der Waals surface area (Å²) < 4.78 is 4.98. The molecular weight excluding hydrogens is 312 g/mol. The van der Waals surface area contributed by atoms with Crippen LogP contribution < -0.4 is 5.32 Å². The lowest BCUT2D eigenvalue weighted by molar-refractivity contribution is -0.142. The minimum absolute atomic E-state index is 0.00102. The van der Waals surface area contributed by atoms with Crippen molar-refractivity contribution in [2.75, 3.05) is 0 Å². The maximum atomic E-state index is 11.8. The molecular formula is C17H18N2O5. The van der Waals surface area contributed by atoms with Crippen LogP contribution >= 0.6 is 0 Å². The lowest BCUT2D eigenvalue weighted by atomic mass is 10.0. The van der Waals surface area contributed by atoms with Crippen molar-refractivity contribution in [1.82, 2.24) is 10.3 Å². The summed E-state index contributed by atoms with van der Waals surface area (Å²) >= 11 is 0. The van der Waals surface area contributed by atoms with Gasteiger partial charge in [0.2, 0.25) is 0 Å². The van der Waals surface area contributed by atoms with E-state index < -0.39 is 24.2 Å². The molecule has 0 saturated heterocycles. The fraction of sp³-hybridized carbons (Fsp3) is 0.235. The molecule has 1 aromatic heterocycles. The van der Waals surface area contributed by atoms with Crippen molar-refractivity contribution >= 4 is 12.1 Å². The number of aryl methyl sites for hydroxylation is 1. The smallest absolute Gasteiger partial charge is 0.408 e. The summed E-state index contributed by atoms with van der Waals surface area (Å²) in [6.07, 6.45) is 0.530. The number of carbonyl (C=O) groups is 2. The molecule has 0 radical (unpaired) electrons. The van der Waals surface area contributed by atoms with E-state index in [2.05, 4.69) is 10.3 Å². The largest absolute Gasteiger partial charge is 0.480 e. The Morgan fingerprint density at radius 2 is 1.96 bits per heavy atom. The molecule has 0 fully saturated rings. The number of pyridine rings is 1. The van der Waals surface area contributed by atoms with E-state index in [9.17, 15) is 19.8 Å². The van der Waals surface area contributed by atoms with Crippen LogP contribution in [0, 0.1) is 6.92 Å². The van der Waals surface area contributed by atoms with Crippen molar-refractivity contribution in [2.24, 2.45) is 0 Å². The first-order valence-corrected chi connectivity index (χ1v) is 7.27. The second-order valence-electron chi connectivity index (χ2n) is 5.20. The Balaban J connectivity index is 2.01. The predicted molar refractivity (Wildman–Crippen MR) is 85.1 cm³/mol. The van der Waals surface area contributed by atoms with Gasteiger partial charge in [0, 0.05) is 18.0 Å². The number of hydrogen-bond donors (Lipinski definition) is 3. The van der Waals surface area contributed by atoms with Crippen LogP contribution in [0.15, 0.2) is 48.8 Å². The van der Waals surface area contributed by atoms with Gasteiger partial charge in [0.15, 0.2) is 6.04 Å². The number of benzene rings is 1. The van der Waals surface area contributed by atoms with Gasteiger partial charge in [0.25, 0.3) is 0 Å². The summed E-state index contributed by atoms with van der Waals surface area (Å²) in [6.45, 7) is 1.72. The van der Waals surface area contributed by atoms with E-state index in [1.54, 1.807) is 37.3 Å². The van der Waals surface area contributed by atoms with Gasteiger partial charge in [-0.3, -0.25) is 4.98 Å². The van der Waals surface area contributed by atoms with E-state index in [1.807, 2.05) is 6.07 Å². The number of ether oxygens (including phenoxy) is 1. The number of rotatable bonds is 6. The lowest BCUT2D eigenvalue weighted by Crippen LogP contribution is -2.45. The Kier molecular flexibility index (Phi) is 5.86. The molecule has 7 nitrogen and oxygen atoms in total. The minimum atomic E-state index is -1.55. The van der Waals surface area contributed by atoms with E-state index in [-0.39, 0.29) is 6.61 Å². The molecule has 0 aliphatic heterocycles. The molecule has 126 valence electrons. The highest BCUT2D eigenvalue weighted by Gasteiger charge is 2.31. The first-order chi connectivity index (χ1) is 11.5. The summed E-state index contributed by atoms with van der Waals surface area (Å²) in [7, 11) is 0. The molecule has 0 spiro atoms. The number of carboxylic acids is 1. The molecule has 1 amide bonds. The molecule has 2 atom stereocenters. The van der Waals surface area contributed by atoms with Crippen molar-refractivity contribution in [1.29, 1.82) is 0 Å². The van der Waals surface area contributed by atoms with Crippen LogP contribution in [0.4, 0.5) is 4.79 Å². The van der Waals surface area contributed by atoms with Gasteiger partial charge in [-0.05, 0) is 24.1 Å². The van der Waals surface area contributed by atoms with E-state index >= 15 is 0 Å². The number of alkyl carbamates (subject to hydrolysis) is 1. The first-order valence-electron chi connectivity index (χ1n) is 7.27. The van der Waals surface area contributed by atoms with Crippen LogP contribution in [-0.2, 0) is 16.1 Å². The molecule has 0 aliphatic carbocycles. The summed E-state index contributed by atoms with van der Waals surface area (Å²) in [4.78, 5) is 27.1. The summed E-state index contributed by atoms with van der Waals surface area (Å²) in [6, 6.07) is 9.07. The standard InChI is InChI=1S/C17H18N2O5/c1-11-7-8-18-9-13(11)15(20)14(16(21)22)19-17(23)24-10-12-5-3-2-4-6-12/h2-9,14-15,20H,10H2,1H3,(H,19,23)(H,21,22)/t14-,15-/m1/s1. The van der Waals surface area contributed by atoms with Gasteiger partial charge in [0.05, 0.1) is 0 Å². The molecule has 0 bridgehead atoms. The van der Waals surface area contributed by atoms with E-state index in [1.165, 1.54) is 12.4 Å². The summed E-state index contributed by atoms with van der Waals surface area (Å²) in [5.41, 5.74) is 1.76. The highest BCUT2D eigenvalue weighted by molar-refractivity contribution is 5.80. The Labute approximate surface area is 138 Å². The van der Waals surface area contributed by atoms with Gasteiger partial charge < -0.3 is 20.3 Å². The molecule has 0 unspecified atom stereocenters. The molecule has 1 heterocycles. The maximum Gasteiger partial charge on any atom is 0.408 e. The van der Waals surface area contributed by atoms with Crippen molar-refractivity contribution in [3.63, 3.8) is 0 Å². The third-order valence-corrected chi connectivity index (χ3v) is 3.47. The van der Waals surface area contributed by atoms with Crippen molar-refractivity contribution < 1.29 is 24.5 Å². The van der Waals surface area contributed by atoms with Crippen molar-refractivity contribution in [3.05, 3.63) is 65.5 Å². The summed E-state index contributed by atoms with van der Waals surface area (Å²) in [5.74, 6) is -1.37. The van der Waals surface area contributed by atoms with Crippen LogP contribution in [0.3, 0.4) is 0 Å². The van der Waals surface area contributed by atoms with Gasteiger partial charge in [-0.2, -0.15) is 0 Å². The van der Waals surface area contributed by atoms with Gasteiger partial charge >= 0.3 is 12.1 Å². The van der Waals surface area contributed by atoms with Gasteiger partial charge in [-0.15, -0.1) is 0 Å². The van der Waals surface area contributed by atoms with Crippen LogP contribution in [0.1, 0.15) is 22.8 Å². The molecule has 0 aliphatic rings. The fourth-order valence-electron chi connectivity index (χ4n) is 2.13. The average molecular weight is 330 g/mol. The highest BCUT2D eigenvalue weighted by atomic mass is 16.5. The van der Waals surface area contributed by atoms with E-state index in [4.69, 9.17) is 4.74 Å². The highest BCUT2D eigenvalue weighted by Crippen LogP contribution is 2.20. The van der Waals surface area contributed by atoms with Crippen LogP contribution in [0.2, 0.25) is 0 Å². The Bertz CT molecular complexity index is 705. The number of aliphatic hydroxyl groups excluding tert-OH is 1.